The van der Waals surface area contributed by atoms with Gasteiger partial charge in [0, 0.05) is 6.26 Å². The van der Waals surface area contributed by atoms with Crippen molar-refractivity contribution in [2.24, 2.45) is 5.73 Å². The fourth-order valence-electron chi connectivity index (χ4n) is 1.25. The SMILES string of the molecule is C[C@H](Oc1ccc(S(C)(=O)=O)cc1)C(=O)NC(N)=O. The van der Waals surface area contributed by atoms with Crippen LogP contribution >= 0.6 is 0 Å². The fraction of sp³-hybridized carbons (Fsp3) is 0.273. The van der Waals surface area contributed by atoms with E-state index in [9.17, 15) is 18.0 Å². The van der Waals surface area contributed by atoms with Gasteiger partial charge < -0.3 is 10.5 Å². The minimum Gasteiger partial charge on any atom is -0.481 e. The Morgan fingerprint density at radius 1 is 1.26 bits per heavy atom. The van der Waals surface area contributed by atoms with E-state index in [1.165, 1.54) is 31.2 Å². The Morgan fingerprint density at radius 3 is 2.21 bits per heavy atom. The van der Waals surface area contributed by atoms with Gasteiger partial charge in [0.05, 0.1) is 4.90 Å². The highest BCUT2D eigenvalue weighted by Gasteiger charge is 2.16. The zero-order valence-electron chi connectivity index (χ0n) is 10.4. The van der Waals surface area contributed by atoms with E-state index >= 15 is 0 Å². The summed E-state index contributed by atoms with van der Waals surface area (Å²) in [5.41, 5.74) is 4.80. The van der Waals surface area contributed by atoms with Crippen molar-refractivity contribution in [1.82, 2.24) is 5.32 Å². The molecule has 1 rings (SSSR count). The van der Waals surface area contributed by atoms with Gasteiger partial charge in [-0.3, -0.25) is 10.1 Å². The van der Waals surface area contributed by atoms with E-state index in [4.69, 9.17) is 10.5 Å². The average molecular weight is 286 g/mol. The fourth-order valence-corrected chi connectivity index (χ4v) is 1.88. The quantitative estimate of drug-likeness (QED) is 0.811. The molecular weight excluding hydrogens is 272 g/mol. The number of carbonyl (C=O) groups excluding carboxylic acids is 2. The van der Waals surface area contributed by atoms with Crippen LogP contribution in [0.1, 0.15) is 6.92 Å². The molecule has 1 aromatic carbocycles. The highest BCUT2D eigenvalue weighted by atomic mass is 32.2. The van der Waals surface area contributed by atoms with Crippen LogP contribution in [0.3, 0.4) is 0 Å². The third kappa shape index (κ3) is 4.59. The predicted octanol–water partition coefficient (Wildman–Crippen LogP) is 0.0523. The number of nitrogens with two attached hydrogens (primary N) is 1. The molecule has 0 bridgehead atoms. The van der Waals surface area contributed by atoms with Crippen molar-refractivity contribution in [1.29, 1.82) is 0 Å². The third-order valence-electron chi connectivity index (χ3n) is 2.18. The first-order chi connectivity index (χ1) is 8.70. The minimum absolute atomic E-state index is 0.147. The van der Waals surface area contributed by atoms with Crippen molar-refractivity contribution >= 4 is 21.8 Å². The number of nitrogens with one attached hydrogen (secondary N) is 1. The Labute approximate surface area is 110 Å². The van der Waals surface area contributed by atoms with E-state index in [1.807, 2.05) is 5.32 Å². The van der Waals surface area contributed by atoms with Crippen molar-refractivity contribution in [3.05, 3.63) is 24.3 Å². The van der Waals surface area contributed by atoms with Gasteiger partial charge in [0.15, 0.2) is 15.9 Å². The number of hydrogen-bond acceptors (Lipinski definition) is 5. The number of carbonyl (C=O) groups is 2. The Balaban J connectivity index is 2.73. The summed E-state index contributed by atoms with van der Waals surface area (Å²) in [5, 5.41) is 1.88. The second kappa shape index (κ2) is 5.70. The summed E-state index contributed by atoms with van der Waals surface area (Å²) in [5.74, 6) is -0.376. The van der Waals surface area contributed by atoms with Gasteiger partial charge in [-0.05, 0) is 31.2 Å². The number of urea groups is 1. The normalized spacial score (nSPS) is 12.5. The maximum Gasteiger partial charge on any atom is 0.318 e. The molecule has 0 aromatic heterocycles. The predicted molar refractivity (Wildman–Crippen MR) is 67.4 cm³/mol. The lowest BCUT2D eigenvalue weighted by Crippen LogP contribution is -2.42. The van der Waals surface area contributed by atoms with Crippen LogP contribution in [-0.4, -0.2) is 32.7 Å². The molecule has 0 aliphatic heterocycles. The molecule has 7 nitrogen and oxygen atoms in total. The van der Waals surface area contributed by atoms with Crippen LogP contribution in [0.25, 0.3) is 0 Å². The second-order valence-electron chi connectivity index (χ2n) is 3.86. The molecule has 104 valence electrons. The zero-order chi connectivity index (χ0) is 14.6. The van der Waals surface area contributed by atoms with E-state index in [0.29, 0.717) is 5.75 Å². The number of amides is 3. The van der Waals surface area contributed by atoms with Gasteiger partial charge in [-0.2, -0.15) is 0 Å². The van der Waals surface area contributed by atoms with Crippen LogP contribution in [0.15, 0.2) is 29.2 Å². The highest BCUT2D eigenvalue weighted by Crippen LogP contribution is 2.16. The van der Waals surface area contributed by atoms with E-state index < -0.39 is 27.9 Å². The molecular formula is C11H14N2O5S. The summed E-state index contributed by atoms with van der Waals surface area (Å²) < 4.78 is 27.7. The molecule has 3 N–H and O–H groups in total. The number of sulfone groups is 1. The van der Waals surface area contributed by atoms with E-state index in [0.717, 1.165) is 6.26 Å². The van der Waals surface area contributed by atoms with Gasteiger partial charge >= 0.3 is 6.03 Å². The second-order valence-corrected chi connectivity index (χ2v) is 5.87. The van der Waals surface area contributed by atoms with Gasteiger partial charge in [0.1, 0.15) is 5.75 Å². The van der Waals surface area contributed by atoms with Gasteiger partial charge in [-0.25, -0.2) is 13.2 Å². The maximum absolute atomic E-state index is 11.4. The molecule has 19 heavy (non-hydrogen) atoms. The molecule has 0 unspecified atom stereocenters. The van der Waals surface area contributed by atoms with Crippen molar-refractivity contribution in [3.8, 4) is 5.75 Å². The molecule has 1 atom stereocenters. The van der Waals surface area contributed by atoms with Crippen molar-refractivity contribution in [2.75, 3.05) is 6.26 Å². The molecule has 0 fully saturated rings. The molecule has 0 aliphatic rings. The number of ether oxygens (including phenoxy) is 1. The lowest BCUT2D eigenvalue weighted by Gasteiger charge is -2.13. The number of hydrogen-bond donors (Lipinski definition) is 2. The van der Waals surface area contributed by atoms with E-state index in [1.54, 1.807) is 0 Å². The average Bonchev–Trinajstić information content (AvgIpc) is 2.27. The Hall–Kier alpha value is -2.09. The summed E-state index contributed by atoms with van der Waals surface area (Å²) >= 11 is 0. The molecule has 0 aliphatic carbocycles. The summed E-state index contributed by atoms with van der Waals surface area (Å²) in [6, 6.07) is 4.61. The molecule has 0 radical (unpaired) electrons. The molecule has 0 saturated heterocycles. The maximum atomic E-state index is 11.4. The topological polar surface area (TPSA) is 116 Å². The van der Waals surface area contributed by atoms with Crippen LogP contribution in [0.4, 0.5) is 4.79 Å². The van der Waals surface area contributed by atoms with Gasteiger partial charge in [-0.1, -0.05) is 0 Å². The molecule has 1 aromatic rings. The highest BCUT2D eigenvalue weighted by molar-refractivity contribution is 7.90. The number of benzene rings is 1. The minimum atomic E-state index is -3.28. The summed E-state index contributed by atoms with van der Waals surface area (Å²) in [6.07, 6.45) is 0.155. The Kier molecular flexibility index (Phi) is 4.49. The Morgan fingerprint density at radius 2 is 1.79 bits per heavy atom. The first kappa shape index (κ1) is 15.0. The number of imide groups is 1. The van der Waals surface area contributed by atoms with E-state index in [-0.39, 0.29) is 4.90 Å². The third-order valence-corrected chi connectivity index (χ3v) is 3.31. The number of rotatable bonds is 4. The summed E-state index contributed by atoms with van der Waals surface area (Å²) in [7, 11) is -3.28. The molecule has 8 heteroatoms. The lowest BCUT2D eigenvalue weighted by atomic mass is 10.3. The summed E-state index contributed by atoms with van der Waals surface area (Å²) in [6.45, 7) is 1.43. The smallest absolute Gasteiger partial charge is 0.318 e. The van der Waals surface area contributed by atoms with Gasteiger partial charge in [0.2, 0.25) is 0 Å². The van der Waals surface area contributed by atoms with Crippen LogP contribution in [0, 0.1) is 0 Å². The van der Waals surface area contributed by atoms with Crippen LogP contribution in [0.2, 0.25) is 0 Å². The zero-order valence-corrected chi connectivity index (χ0v) is 11.2. The Bertz CT molecular complexity index is 580. The summed E-state index contributed by atoms with van der Waals surface area (Å²) in [4.78, 5) is 22.0. The molecule has 0 saturated carbocycles. The van der Waals surface area contributed by atoms with Crippen LogP contribution in [-0.2, 0) is 14.6 Å². The van der Waals surface area contributed by atoms with Crippen LogP contribution < -0.4 is 15.8 Å². The standard InChI is InChI=1S/C11H14N2O5S/c1-7(10(14)13-11(12)15)18-8-3-5-9(6-4-8)19(2,16)17/h3-7H,1-2H3,(H3,12,13,14,15)/t7-/m0/s1. The van der Waals surface area contributed by atoms with Gasteiger partial charge in [-0.15, -0.1) is 0 Å². The van der Waals surface area contributed by atoms with Crippen molar-refractivity contribution < 1.29 is 22.7 Å². The van der Waals surface area contributed by atoms with Crippen LogP contribution in [0.5, 0.6) is 5.75 Å². The molecule has 0 heterocycles. The van der Waals surface area contributed by atoms with Crippen molar-refractivity contribution in [2.45, 2.75) is 17.9 Å². The monoisotopic (exact) mass is 286 g/mol. The first-order valence-electron chi connectivity index (χ1n) is 5.27. The van der Waals surface area contributed by atoms with Crippen molar-refractivity contribution in [3.63, 3.8) is 0 Å². The molecule has 3 amide bonds. The first-order valence-corrected chi connectivity index (χ1v) is 7.16. The largest absolute Gasteiger partial charge is 0.481 e. The van der Waals surface area contributed by atoms with Gasteiger partial charge in [0.25, 0.3) is 5.91 Å². The number of primary amides is 1. The molecule has 0 spiro atoms. The lowest BCUT2D eigenvalue weighted by molar-refractivity contribution is -0.126. The van der Waals surface area contributed by atoms with E-state index in [2.05, 4.69) is 0 Å².